The average molecular weight is 289 g/mol. The van der Waals surface area contributed by atoms with Gasteiger partial charge in [0.05, 0.1) is 0 Å². The zero-order valence-electron chi connectivity index (χ0n) is 11.7. The fourth-order valence-corrected chi connectivity index (χ4v) is 2.88. The zero-order valence-corrected chi connectivity index (χ0v) is 11.7. The molecule has 0 saturated carbocycles. The third-order valence-electron chi connectivity index (χ3n) is 3.92. The summed E-state index contributed by atoms with van der Waals surface area (Å²) in [5, 5.41) is 0. The molecule has 0 spiro atoms. The molecule has 0 bridgehead atoms. The molecule has 0 amide bonds. The highest BCUT2D eigenvalue weighted by Crippen LogP contribution is 2.26. The van der Waals surface area contributed by atoms with Crippen LogP contribution in [0.15, 0.2) is 36.8 Å². The number of halogens is 2. The highest BCUT2D eigenvalue weighted by atomic mass is 19.2. The predicted octanol–water partition coefficient (Wildman–Crippen LogP) is 3.13. The van der Waals surface area contributed by atoms with Gasteiger partial charge >= 0.3 is 0 Å². The maximum atomic E-state index is 13.3. The number of hydrogen-bond donors (Lipinski definition) is 0. The molecule has 1 fully saturated rings. The monoisotopic (exact) mass is 289 g/mol. The van der Waals surface area contributed by atoms with E-state index in [1.54, 1.807) is 18.6 Å². The van der Waals surface area contributed by atoms with E-state index in [1.165, 1.54) is 12.1 Å². The van der Waals surface area contributed by atoms with Crippen LogP contribution < -0.4 is 0 Å². The molecular weight excluding hydrogens is 272 g/mol. The van der Waals surface area contributed by atoms with Gasteiger partial charge < -0.3 is 0 Å². The molecule has 1 aliphatic heterocycles. The summed E-state index contributed by atoms with van der Waals surface area (Å²) in [5.41, 5.74) is 1.86. The normalized spacial score (nSPS) is 19.6. The van der Waals surface area contributed by atoms with Gasteiger partial charge in [0.1, 0.15) is 6.33 Å². The van der Waals surface area contributed by atoms with Crippen molar-refractivity contribution in [2.24, 2.45) is 0 Å². The Hall–Kier alpha value is -1.88. The van der Waals surface area contributed by atoms with Crippen molar-refractivity contribution in [1.82, 2.24) is 14.9 Å². The first-order valence-electron chi connectivity index (χ1n) is 7.14. The Morgan fingerprint density at radius 3 is 2.86 bits per heavy atom. The van der Waals surface area contributed by atoms with Gasteiger partial charge in [-0.05, 0) is 43.1 Å². The second kappa shape index (κ2) is 6.26. The van der Waals surface area contributed by atoms with E-state index in [1.807, 2.05) is 6.07 Å². The number of piperidine rings is 1. The lowest BCUT2D eigenvalue weighted by Gasteiger charge is -2.32. The largest absolute Gasteiger partial charge is 0.298 e. The minimum atomic E-state index is -0.795. The van der Waals surface area contributed by atoms with Gasteiger partial charge in [-0.3, -0.25) is 4.90 Å². The van der Waals surface area contributed by atoms with Crippen molar-refractivity contribution in [3.8, 4) is 0 Å². The molecule has 1 aliphatic rings. The molecule has 0 aliphatic carbocycles. The van der Waals surface area contributed by atoms with Gasteiger partial charge in [-0.15, -0.1) is 0 Å². The topological polar surface area (TPSA) is 29.0 Å². The maximum absolute atomic E-state index is 13.3. The molecule has 1 aromatic carbocycles. The Labute approximate surface area is 122 Å². The van der Waals surface area contributed by atoms with Crippen LogP contribution in [-0.2, 0) is 6.54 Å². The fraction of sp³-hybridized carbons (Fsp3) is 0.375. The van der Waals surface area contributed by atoms with Crippen LogP contribution in [0.25, 0.3) is 0 Å². The van der Waals surface area contributed by atoms with E-state index in [2.05, 4.69) is 14.9 Å². The molecule has 2 aromatic rings. The molecule has 1 atom stereocenters. The minimum absolute atomic E-state index is 0.382. The molecular formula is C16H17F2N3. The summed E-state index contributed by atoms with van der Waals surface area (Å²) in [6, 6.07) is 6.07. The standard InChI is InChI=1S/C16H17F2N3/c17-14-4-3-12(8-15(14)18)9-21-7-1-2-13(10-21)16-5-6-19-11-20-16/h3-6,8,11,13H,1-2,7,9-10H2/t13-/m0/s1. The van der Waals surface area contributed by atoms with Crippen molar-refractivity contribution in [1.29, 1.82) is 0 Å². The van der Waals surface area contributed by atoms with Crippen LogP contribution in [-0.4, -0.2) is 28.0 Å². The Bertz CT molecular complexity index is 604. The third kappa shape index (κ3) is 3.42. The van der Waals surface area contributed by atoms with Crippen LogP contribution >= 0.6 is 0 Å². The Balaban J connectivity index is 1.67. The number of rotatable bonds is 3. The van der Waals surface area contributed by atoms with E-state index in [0.717, 1.165) is 37.2 Å². The summed E-state index contributed by atoms with van der Waals surface area (Å²) in [7, 11) is 0. The second-order valence-electron chi connectivity index (χ2n) is 5.46. The lowest BCUT2D eigenvalue weighted by atomic mass is 9.94. The number of aromatic nitrogens is 2. The van der Waals surface area contributed by atoms with E-state index >= 15 is 0 Å². The lowest BCUT2D eigenvalue weighted by Crippen LogP contribution is -2.34. The molecule has 1 saturated heterocycles. The summed E-state index contributed by atoms with van der Waals surface area (Å²) in [6.45, 7) is 2.50. The van der Waals surface area contributed by atoms with Gasteiger partial charge in [-0.25, -0.2) is 18.7 Å². The number of nitrogens with zero attached hydrogens (tertiary/aromatic N) is 3. The first kappa shape index (κ1) is 14.1. The van der Waals surface area contributed by atoms with Gasteiger partial charge in [0, 0.05) is 30.9 Å². The Kier molecular flexibility index (Phi) is 4.20. The first-order valence-corrected chi connectivity index (χ1v) is 7.14. The molecule has 3 rings (SSSR count). The summed E-state index contributed by atoms with van der Waals surface area (Å²) in [6.07, 6.45) is 5.52. The average Bonchev–Trinajstić information content (AvgIpc) is 2.52. The van der Waals surface area contributed by atoms with Crippen LogP contribution in [0.2, 0.25) is 0 Å². The van der Waals surface area contributed by atoms with E-state index in [0.29, 0.717) is 12.5 Å². The summed E-state index contributed by atoms with van der Waals surface area (Å²) >= 11 is 0. The quantitative estimate of drug-likeness (QED) is 0.869. The van der Waals surface area contributed by atoms with Crippen LogP contribution in [0.1, 0.15) is 30.0 Å². The number of benzene rings is 1. The van der Waals surface area contributed by atoms with Gasteiger partial charge in [0.2, 0.25) is 0 Å². The summed E-state index contributed by atoms with van der Waals surface area (Å²) in [4.78, 5) is 10.5. The third-order valence-corrected chi connectivity index (χ3v) is 3.92. The van der Waals surface area contributed by atoms with Crippen molar-refractivity contribution in [2.45, 2.75) is 25.3 Å². The van der Waals surface area contributed by atoms with Crippen LogP contribution in [0.3, 0.4) is 0 Å². The Morgan fingerprint density at radius 2 is 2.10 bits per heavy atom. The SMILES string of the molecule is Fc1ccc(CN2CCC[C@H](c3ccncn3)C2)cc1F. The molecule has 1 aromatic heterocycles. The van der Waals surface area contributed by atoms with Crippen LogP contribution in [0.5, 0.6) is 0 Å². The van der Waals surface area contributed by atoms with Crippen molar-refractivity contribution in [3.05, 3.63) is 59.7 Å². The molecule has 110 valence electrons. The van der Waals surface area contributed by atoms with Crippen molar-refractivity contribution >= 4 is 0 Å². The smallest absolute Gasteiger partial charge is 0.159 e. The molecule has 21 heavy (non-hydrogen) atoms. The van der Waals surface area contributed by atoms with Crippen molar-refractivity contribution in [2.75, 3.05) is 13.1 Å². The fourth-order valence-electron chi connectivity index (χ4n) is 2.88. The lowest BCUT2D eigenvalue weighted by molar-refractivity contribution is 0.198. The molecule has 0 N–H and O–H groups in total. The predicted molar refractivity (Wildman–Crippen MR) is 75.6 cm³/mol. The van der Waals surface area contributed by atoms with E-state index in [4.69, 9.17) is 0 Å². The van der Waals surface area contributed by atoms with Crippen LogP contribution in [0, 0.1) is 11.6 Å². The highest BCUT2D eigenvalue weighted by Gasteiger charge is 2.22. The second-order valence-corrected chi connectivity index (χ2v) is 5.46. The van der Waals surface area contributed by atoms with E-state index in [-0.39, 0.29) is 0 Å². The molecule has 0 radical (unpaired) electrons. The van der Waals surface area contributed by atoms with Crippen LogP contribution in [0.4, 0.5) is 8.78 Å². The maximum Gasteiger partial charge on any atom is 0.159 e. The first-order chi connectivity index (χ1) is 10.2. The molecule has 0 unspecified atom stereocenters. The zero-order chi connectivity index (χ0) is 14.7. The van der Waals surface area contributed by atoms with Gasteiger partial charge in [-0.2, -0.15) is 0 Å². The van der Waals surface area contributed by atoms with Gasteiger partial charge in [0.15, 0.2) is 11.6 Å². The summed E-state index contributed by atoms with van der Waals surface area (Å²) < 4.78 is 26.2. The van der Waals surface area contributed by atoms with Gasteiger partial charge in [0.25, 0.3) is 0 Å². The Morgan fingerprint density at radius 1 is 1.19 bits per heavy atom. The highest BCUT2D eigenvalue weighted by molar-refractivity contribution is 5.18. The number of hydrogen-bond acceptors (Lipinski definition) is 3. The summed E-state index contributed by atoms with van der Waals surface area (Å²) in [5.74, 6) is -1.19. The minimum Gasteiger partial charge on any atom is -0.298 e. The van der Waals surface area contributed by atoms with Crippen molar-refractivity contribution in [3.63, 3.8) is 0 Å². The molecule has 2 heterocycles. The van der Waals surface area contributed by atoms with Gasteiger partial charge in [-0.1, -0.05) is 6.07 Å². The number of likely N-dealkylation sites (tertiary alicyclic amines) is 1. The van der Waals surface area contributed by atoms with Crippen molar-refractivity contribution < 1.29 is 8.78 Å². The molecule has 3 nitrogen and oxygen atoms in total. The van der Waals surface area contributed by atoms with E-state index in [9.17, 15) is 8.78 Å². The van der Waals surface area contributed by atoms with E-state index < -0.39 is 11.6 Å². The molecule has 5 heteroatoms.